The number of benzene rings is 3. The number of aryl methyl sites for hydroxylation is 1. The zero-order valence-electron chi connectivity index (χ0n) is 19.1. The van der Waals surface area contributed by atoms with E-state index in [4.69, 9.17) is 0 Å². The van der Waals surface area contributed by atoms with Gasteiger partial charge < -0.3 is 15.1 Å². The van der Waals surface area contributed by atoms with Gasteiger partial charge in [0.15, 0.2) is 0 Å². The van der Waals surface area contributed by atoms with Crippen LogP contribution in [-0.4, -0.2) is 34.1 Å². The number of carbonyl (C=O) groups is 1. The van der Waals surface area contributed by atoms with Gasteiger partial charge in [0.1, 0.15) is 11.5 Å². The first kappa shape index (κ1) is 22.4. The van der Waals surface area contributed by atoms with Crippen molar-refractivity contribution in [3.63, 3.8) is 0 Å². The highest BCUT2D eigenvalue weighted by molar-refractivity contribution is 6.01. The van der Waals surface area contributed by atoms with Gasteiger partial charge >= 0.3 is 0 Å². The van der Waals surface area contributed by atoms with Crippen molar-refractivity contribution < 1.29 is 15.0 Å². The molecule has 1 amide bonds. The molecule has 4 nitrogen and oxygen atoms in total. The summed E-state index contributed by atoms with van der Waals surface area (Å²) in [4.78, 5) is 14.1. The second-order valence-corrected chi connectivity index (χ2v) is 8.21. The van der Waals surface area contributed by atoms with Crippen molar-refractivity contribution in [2.75, 3.05) is 13.1 Å². The summed E-state index contributed by atoms with van der Waals surface area (Å²) in [5.74, 6) is 0.541. The van der Waals surface area contributed by atoms with E-state index in [1.54, 1.807) is 29.2 Å². The normalized spacial score (nSPS) is 13.3. The third-order valence-corrected chi connectivity index (χ3v) is 6.21. The van der Waals surface area contributed by atoms with Crippen LogP contribution in [0, 0.1) is 0 Å². The lowest BCUT2D eigenvalue weighted by molar-refractivity contribution is -0.125. The van der Waals surface area contributed by atoms with Crippen molar-refractivity contribution >= 4 is 23.1 Å². The van der Waals surface area contributed by atoms with Crippen LogP contribution in [0.2, 0.25) is 0 Å². The van der Waals surface area contributed by atoms with Gasteiger partial charge in [-0.15, -0.1) is 0 Å². The van der Waals surface area contributed by atoms with Crippen molar-refractivity contribution in [3.8, 4) is 11.5 Å². The lowest BCUT2D eigenvalue weighted by Gasteiger charge is -2.25. The monoisotopic (exact) mass is 439 g/mol. The fraction of sp³-hybridized carbons (Fsp3) is 0.207. The van der Waals surface area contributed by atoms with Crippen LogP contribution in [0.5, 0.6) is 11.5 Å². The molecule has 0 fully saturated rings. The Balaban J connectivity index is 1.73. The van der Waals surface area contributed by atoms with E-state index in [9.17, 15) is 15.0 Å². The highest BCUT2D eigenvalue weighted by atomic mass is 16.3. The maximum absolute atomic E-state index is 12.3. The number of likely N-dealkylation sites (N-methyl/N-ethyl adjacent to an activating group) is 1. The standard InChI is InChI=1S/C29H29NO3/c1-3-30(4-2)28(33)18-7-20-5-8-22(9-6-20)29-26(21-10-13-24(31)14-11-21)16-12-23-19-25(32)15-17-27(23)29/h5-11,13-15,17-19,31-32H,3-4,12,16H2,1-2H3/b18-7+. The summed E-state index contributed by atoms with van der Waals surface area (Å²) in [5, 5.41) is 19.7. The Morgan fingerprint density at radius 1 is 0.848 bits per heavy atom. The molecule has 33 heavy (non-hydrogen) atoms. The van der Waals surface area contributed by atoms with Crippen molar-refractivity contribution in [1.29, 1.82) is 0 Å². The molecule has 168 valence electrons. The number of rotatable bonds is 6. The van der Waals surface area contributed by atoms with Crippen LogP contribution >= 0.6 is 0 Å². The first-order chi connectivity index (χ1) is 16.0. The lowest BCUT2D eigenvalue weighted by Crippen LogP contribution is -2.28. The third kappa shape index (κ3) is 4.85. The van der Waals surface area contributed by atoms with Crippen LogP contribution in [-0.2, 0) is 11.2 Å². The van der Waals surface area contributed by atoms with Crippen molar-refractivity contribution in [2.24, 2.45) is 0 Å². The van der Waals surface area contributed by atoms with Gasteiger partial charge in [-0.1, -0.05) is 42.5 Å². The molecule has 0 aromatic heterocycles. The van der Waals surface area contributed by atoms with Crippen LogP contribution in [0.15, 0.2) is 72.8 Å². The summed E-state index contributed by atoms with van der Waals surface area (Å²) >= 11 is 0. The Labute approximate surface area is 195 Å². The van der Waals surface area contributed by atoms with Crippen LogP contribution < -0.4 is 0 Å². The fourth-order valence-electron chi connectivity index (χ4n) is 4.43. The number of carbonyl (C=O) groups excluding carboxylic acids is 1. The molecule has 4 rings (SSSR count). The molecule has 3 aromatic carbocycles. The maximum atomic E-state index is 12.3. The van der Waals surface area contributed by atoms with Gasteiger partial charge in [0.25, 0.3) is 0 Å². The number of fused-ring (bicyclic) bond motifs is 1. The van der Waals surface area contributed by atoms with E-state index in [1.807, 2.05) is 56.3 Å². The van der Waals surface area contributed by atoms with Crippen molar-refractivity contribution in [1.82, 2.24) is 4.90 Å². The molecular formula is C29H29NO3. The average Bonchev–Trinajstić information content (AvgIpc) is 2.83. The quantitative estimate of drug-likeness (QED) is 0.471. The molecule has 0 atom stereocenters. The van der Waals surface area contributed by atoms with Gasteiger partial charge in [0, 0.05) is 19.2 Å². The largest absolute Gasteiger partial charge is 0.508 e. The summed E-state index contributed by atoms with van der Waals surface area (Å²) in [7, 11) is 0. The molecule has 0 unspecified atom stereocenters. The Hall–Kier alpha value is -3.79. The Morgan fingerprint density at radius 3 is 2.15 bits per heavy atom. The number of allylic oxidation sites excluding steroid dienone is 1. The van der Waals surface area contributed by atoms with Gasteiger partial charge in [-0.2, -0.15) is 0 Å². The molecule has 0 bridgehead atoms. The minimum Gasteiger partial charge on any atom is -0.508 e. The Morgan fingerprint density at radius 2 is 1.48 bits per heavy atom. The number of aromatic hydroxyl groups is 2. The predicted molar refractivity (Wildman–Crippen MR) is 134 cm³/mol. The van der Waals surface area contributed by atoms with Crippen molar-refractivity contribution in [2.45, 2.75) is 26.7 Å². The van der Waals surface area contributed by atoms with Gasteiger partial charge in [0.05, 0.1) is 0 Å². The smallest absolute Gasteiger partial charge is 0.246 e. The SMILES string of the molecule is CCN(CC)C(=O)/C=C/c1ccc(C2=C(c3ccc(O)cc3)CCc3cc(O)ccc32)cc1. The van der Waals surface area contributed by atoms with E-state index < -0.39 is 0 Å². The molecule has 2 N–H and O–H groups in total. The third-order valence-electron chi connectivity index (χ3n) is 6.21. The zero-order valence-corrected chi connectivity index (χ0v) is 19.1. The molecular weight excluding hydrogens is 410 g/mol. The zero-order chi connectivity index (χ0) is 23.4. The van der Waals surface area contributed by atoms with Crippen LogP contribution in [0.3, 0.4) is 0 Å². The molecule has 0 saturated carbocycles. The Bertz CT molecular complexity index is 1200. The first-order valence-corrected chi connectivity index (χ1v) is 11.4. The van der Waals surface area contributed by atoms with E-state index in [2.05, 4.69) is 12.1 Å². The fourth-order valence-corrected chi connectivity index (χ4v) is 4.43. The van der Waals surface area contributed by atoms with Gasteiger partial charge in [-0.05, 0) is 96.0 Å². The number of hydrogen-bond donors (Lipinski definition) is 2. The highest BCUT2D eigenvalue weighted by Gasteiger charge is 2.22. The first-order valence-electron chi connectivity index (χ1n) is 11.4. The van der Waals surface area contributed by atoms with Gasteiger partial charge in [-0.3, -0.25) is 4.79 Å². The van der Waals surface area contributed by atoms with E-state index in [0.717, 1.165) is 46.2 Å². The highest BCUT2D eigenvalue weighted by Crippen LogP contribution is 2.42. The Kier molecular flexibility index (Phi) is 6.64. The molecule has 4 heteroatoms. The van der Waals surface area contributed by atoms with Crippen molar-refractivity contribution in [3.05, 3.63) is 101 Å². The van der Waals surface area contributed by atoms with Gasteiger partial charge in [-0.25, -0.2) is 0 Å². The van der Waals surface area contributed by atoms with E-state index in [1.165, 1.54) is 5.57 Å². The number of phenols is 2. The molecule has 0 heterocycles. The maximum Gasteiger partial charge on any atom is 0.246 e. The molecule has 1 aliphatic carbocycles. The second-order valence-electron chi connectivity index (χ2n) is 8.21. The number of amides is 1. The number of hydrogen-bond acceptors (Lipinski definition) is 3. The van der Waals surface area contributed by atoms with E-state index in [0.29, 0.717) is 13.1 Å². The molecule has 0 radical (unpaired) electrons. The average molecular weight is 440 g/mol. The summed E-state index contributed by atoms with van der Waals surface area (Å²) < 4.78 is 0. The van der Waals surface area contributed by atoms with Crippen LogP contribution in [0.25, 0.3) is 17.2 Å². The molecule has 0 spiro atoms. The van der Waals surface area contributed by atoms with Gasteiger partial charge in [0.2, 0.25) is 5.91 Å². The summed E-state index contributed by atoms with van der Waals surface area (Å²) in [6.07, 6.45) is 5.17. The van der Waals surface area contributed by atoms with Crippen LogP contribution in [0.1, 0.15) is 48.1 Å². The second kappa shape index (κ2) is 9.78. The lowest BCUT2D eigenvalue weighted by atomic mass is 9.79. The summed E-state index contributed by atoms with van der Waals surface area (Å²) in [5.41, 5.74) is 7.72. The minimum absolute atomic E-state index is 0.0161. The molecule has 1 aliphatic rings. The van der Waals surface area contributed by atoms with E-state index >= 15 is 0 Å². The molecule has 0 aliphatic heterocycles. The minimum atomic E-state index is 0.0161. The summed E-state index contributed by atoms with van der Waals surface area (Å²) in [6, 6.07) is 21.1. The molecule has 3 aromatic rings. The molecule has 0 saturated heterocycles. The van der Waals surface area contributed by atoms with E-state index in [-0.39, 0.29) is 17.4 Å². The van der Waals surface area contributed by atoms with Crippen LogP contribution in [0.4, 0.5) is 0 Å². The topological polar surface area (TPSA) is 60.8 Å². The number of phenolic OH excluding ortho intramolecular Hbond substituents is 2. The number of nitrogens with zero attached hydrogens (tertiary/aromatic N) is 1. The predicted octanol–water partition coefficient (Wildman–Crippen LogP) is 5.88. The summed E-state index contributed by atoms with van der Waals surface area (Å²) in [6.45, 7) is 5.35.